The molecule has 1 aromatic rings. The Bertz CT molecular complexity index is 584. The fourth-order valence-electron chi connectivity index (χ4n) is 2.06. The number of aliphatic carboxylic acids is 1. The molecular weight excluding hydrogens is 258 g/mol. The topological polar surface area (TPSA) is 66.8 Å². The summed E-state index contributed by atoms with van der Waals surface area (Å²) >= 11 is 0. The first-order valence-corrected chi connectivity index (χ1v) is 6.31. The number of amides is 1. The lowest BCUT2D eigenvalue weighted by Gasteiger charge is -2.25. The number of carbonyl (C=O) groups is 2. The van der Waals surface area contributed by atoms with Crippen LogP contribution in [-0.2, 0) is 16.1 Å². The maximum absolute atomic E-state index is 12.2. The van der Waals surface area contributed by atoms with E-state index in [1.165, 1.54) is 4.90 Å². The van der Waals surface area contributed by atoms with E-state index in [9.17, 15) is 9.59 Å². The summed E-state index contributed by atoms with van der Waals surface area (Å²) < 4.78 is 5.32. The average Bonchev–Trinajstić information content (AvgIpc) is 2.66. The van der Waals surface area contributed by atoms with Crippen LogP contribution in [0.5, 0.6) is 0 Å². The van der Waals surface area contributed by atoms with Gasteiger partial charge in [-0.3, -0.25) is 4.90 Å². The van der Waals surface area contributed by atoms with Crippen molar-refractivity contribution in [1.29, 1.82) is 0 Å². The number of hydrogen-bond donors (Lipinski definition) is 1. The summed E-state index contributed by atoms with van der Waals surface area (Å²) in [6.07, 6.45) is 0.497. The normalized spacial score (nSPS) is 16.1. The summed E-state index contributed by atoms with van der Waals surface area (Å²) in [7, 11) is 0. The van der Waals surface area contributed by atoms with E-state index in [2.05, 4.69) is 0 Å². The zero-order valence-electron chi connectivity index (χ0n) is 11.7. The average molecular weight is 275 g/mol. The molecule has 1 amide bonds. The van der Waals surface area contributed by atoms with Gasteiger partial charge in [0.25, 0.3) is 0 Å². The maximum Gasteiger partial charge on any atom is 0.415 e. The Kier molecular flexibility index (Phi) is 3.53. The van der Waals surface area contributed by atoms with Crippen molar-refractivity contribution < 1.29 is 19.4 Å². The van der Waals surface area contributed by atoms with Crippen LogP contribution in [0.2, 0.25) is 0 Å². The van der Waals surface area contributed by atoms with Crippen LogP contribution in [0, 0.1) is 0 Å². The van der Waals surface area contributed by atoms with Crippen LogP contribution in [0.25, 0.3) is 5.70 Å². The Hall–Kier alpha value is -2.30. The van der Waals surface area contributed by atoms with Crippen LogP contribution >= 0.6 is 0 Å². The third-order valence-electron chi connectivity index (χ3n) is 2.79. The zero-order valence-corrected chi connectivity index (χ0v) is 11.7. The molecule has 1 N–H and O–H groups in total. The van der Waals surface area contributed by atoms with Gasteiger partial charge in [0.2, 0.25) is 0 Å². The molecule has 0 unspecified atom stereocenters. The Morgan fingerprint density at radius 3 is 2.55 bits per heavy atom. The lowest BCUT2D eigenvalue weighted by molar-refractivity contribution is -0.131. The van der Waals surface area contributed by atoms with E-state index < -0.39 is 17.7 Å². The summed E-state index contributed by atoms with van der Waals surface area (Å²) in [5, 5.41) is 8.98. The molecule has 1 aromatic carbocycles. The van der Waals surface area contributed by atoms with E-state index in [-0.39, 0.29) is 0 Å². The number of nitrogens with zero attached hydrogens (tertiary/aromatic N) is 1. The minimum absolute atomic E-state index is 0.324. The first-order chi connectivity index (χ1) is 9.28. The van der Waals surface area contributed by atoms with Gasteiger partial charge in [0.15, 0.2) is 0 Å². The van der Waals surface area contributed by atoms with Crippen molar-refractivity contribution >= 4 is 17.8 Å². The molecule has 20 heavy (non-hydrogen) atoms. The first-order valence-electron chi connectivity index (χ1n) is 6.31. The highest BCUT2D eigenvalue weighted by atomic mass is 16.6. The molecule has 1 aliphatic rings. The molecule has 0 spiro atoms. The first kappa shape index (κ1) is 14.1. The Labute approximate surface area is 117 Å². The lowest BCUT2D eigenvalue weighted by Crippen LogP contribution is -2.33. The quantitative estimate of drug-likeness (QED) is 0.800. The summed E-state index contributed by atoms with van der Waals surface area (Å²) in [5.41, 5.74) is 1.40. The fraction of sp³-hybridized carbons (Fsp3) is 0.333. The standard InChI is InChI=1S/C15H17NO4/c1-15(2,3)20-14(19)16-9-10-6-4-5-7-11(10)12(16)8-13(17)18/h4-8H,9H2,1-3H3,(H,17,18)/b12-8-. The van der Waals surface area contributed by atoms with Crippen molar-refractivity contribution in [2.75, 3.05) is 0 Å². The van der Waals surface area contributed by atoms with Gasteiger partial charge >= 0.3 is 12.1 Å². The van der Waals surface area contributed by atoms with E-state index in [4.69, 9.17) is 9.84 Å². The zero-order chi connectivity index (χ0) is 14.9. The summed E-state index contributed by atoms with van der Waals surface area (Å²) in [6, 6.07) is 7.34. The van der Waals surface area contributed by atoms with Crippen LogP contribution in [0.3, 0.4) is 0 Å². The molecule has 0 atom stereocenters. The van der Waals surface area contributed by atoms with E-state index in [1.807, 2.05) is 18.2 Å². The molecule has 2 rings (SSSR count). The molecule has 1 aliphatic heterocycles. The van der Waals surface area contributed by atoms with Gasteiger partial charge in [-0.05, 0) is 26.3 Å². The number of carbonyl (C=O) groups excluding carboxylic acids is 1. The number of benzene rings is 1. The molecule has 5 heteroatoms. The smallest absolute Gasteiger partial charge is 0.415 e. The molecule has 0 bridgehead atoms. The van der Waals surface area contributed by atoms with Crippen molar-refractivity contribution in [3.05, 3.63) is 41.5 Å². The Balaban J connectivity index is 2.36. The van der Waals surface area contributed by atoms with Crippen molar-refractivity contribution in [3.63, 3.8) is 0 Å². The molecule has 106 valence electrons. The largest absolute Gasteiger partial charge is 0.478 e. The van der Waals surface area contributed by atoms with Crippen LogP contribution < -0.4 is 0 Å². The molecule has 0 fully saturated rings. The van der Waals surface area contributed by atoms with Crippen molar-refractivity contribution in [1.82, 2.24) is 4.90 Å². The predicted molar refractivity (Wildman–Crippen MR) is 73.8 cm³/mol. The summed E-state index contributed by atoms with van der Waals surface area (Å²) in [4.78, 5) is 24.5. The number of carboxylic acids is 1. The van der Waals surface area contributed by atoms with Gasteiger partial charge < -0.3 is 9.84 Å². The number of rotatable bonds is 1. The van der Waals surface area contributed by atoms with Gasteiger partial charge in [-0.25, -0.2) is 9.59 Å². The molecule has 0 aliphatic carbocycles. The van der Waals surface area contributed by atoms with Crippen molar-refractivity contribution in [2.45, 2.75) is 32.9 Å². The molecule has 5 nitrogen and oxygen atoms in total. The van der Waals surface area contributed by atoms with Gasteiger partial charge in [-0.2, -0.15) is 0 Å². The monoisotopic (exact) mass is 275 g/mol. The van der Waals surface area contributed by atoms with E-state index in [1.54, 1.807) is 26.8 Å². The van der Waals surface area contributed by atoms with Gasteiger partial charge in [-0.15, -0.1) is 0 Å². The van der Waals surface area contributed by atoms with Gasteiger partial charge in [0.05, 0.1) is 12.2 Å². The minimum Gasteiger partial charge on any atom is -0.478 e. The van der Waals surface area contributed by atoms with E-state index in [0.717, 1.165) is 17.2 Å². The number of fused-ring (bicyclic) bond motifs is 1. The summed E-state index contributed by atoms with van der Waals surface area (Å²) in [5.74, 6) is -1.09. The number of hydrogen-bond acceptors (Lipinski definition) is 3. The molecule has 0 saturated carbocycles. The molecule has 0 aromatic heterocycles. The van der Waals surface area contributed by atoms with Crippen molar-refractivity contribution in [2.24, 2.45) is 0 Å². The van der Waals surface area contributed by atoms with Gasteiger partial charge in [-0.1, -0.05) is 24.3 Å². The van der Waals surface area contributed by atoms with Crippen LogP contribution in [-0.4, -0.2) is 27.7 Å². The minimum atomic E-state index is -1.09. The van der Waals surface area contributed by atoms with Gasteiger partial charge in [0.1, 0.15) is 5.60 Å². The predicted octanol–water partition coefficient (Wildman–Crippen LogP) is 2.86. The second-order valence-electron chi connectivity index (χ2n) is 5.59. The molecule has 0 saturated heterocycles. The lowest BCUT2D eigenvalue weighted by atomic mass is 10.1. The van der Waals surface area contributed by atoms with Crippen LogP contribution in [0.1, 0.15) is 31.9 Å². The fourth-order valence-corrected chi connectivity index (χ4v) is 2.06. The highest BCUT2D eigenvalue weighted by molar-refractivity contribution is 5.95. The molecule has 0 radical (unpaired) electrons. The second-order valence-corrected chi connectivity index (χ2v) is 5.59. The van der Waals surface area contributed by atoms with Crippen molar-refractivity contribution in [3.8, 4) is 0 Å². The van der Waals surface area contributed by atoms with Gasteiger partial charge in [0, 0.05) is 11.6 Å². The maximum atomic E-state index is 12.2. The van der Waals surface area contributed by atoms with Crippen LogP contribution in [0.15, 0.2) is 30.3 Å². The third kappa shape index (κ3) is 2.99. The molecule has 1 heterocycles. The summed E-state index contributed by atoms with van der Waals surface area (Å²) in [6.45, 7) is 5.64. The highest BCUT2D eigenvalue weighted by Crippen LogP contribution is 2.33. The van der Waals surface area contributed by atoms with E-state index in [0.29, 0.717) is 12.2 Å². The molecular formula is C15H17NO4. The Morgan fingerprint density at radius 1 is 1.30 bits per heavy atom. The SMILES string of the molecule is CC(C)(C)OC(=O)N1Cc2ccccc2/C1=C/C(=O)O. The number of ether oxygens (including phenoxy) is 1. The number of carboxylic acid groups (broad SMARTS) is 1. The Morgan fingerprint density at radius 2 is 1.95 bits per heavy atom. The third-order valence-corrected chi connectivity index (χ3v) is 2.79. The highest BCUT2D eigenvalue weighted by Gasteiger charge is 2.32. The second kappa shape index (κ2) is 5.00. The van der Waals surface area contributed by atoms with E-state index >= 15 is 0 Å². The van der Waals surface area contributed by atoms with Crippen LogP contribution in [0.4, 0.5) is 4.79 Å².